The van der Waals surface area contributed by atoms with Crippen molar-refractivity contribution in [2.45, 2.75) is 53.5 Å². The summed E-state index contributed by atoms with van der Waals surface area (Å²) in [7, 11) is 0. The molecule has 0 aliphatic heterocycles. The Labute approximate surface area is 178 Å². The quantitative estimate of drug-likeness (QED) is 0.544. The monoisotopic (exact) mass is 408 g/mol. The molecule has 0 saturated heterocycles. The van der Waals surface area contributed by atoms with E-state index < -0.39 is 0 Å². The zero-order valence-corrected chi connectivity index (χ0v) is 18.9. The van der Waals surface area contributed by atoms with Gasteiger partial charge in [-0.05, 0) is 68.8 Å². The largest absolute Gasteiger partial charge is 0.369 e. The maximum absolute atomic E-state index is 4.96. The van der Waals surface area contributed by atoms with Crippen molar-refractivity contribution in [3.63, 3.8) is 0 Å². The Morgan fingerprint density at radius 1 is 1.07 bits per heavy atom. The molecule has 3 aromatic rings. The fourth-order valence-corrected chi connectivity index (χ4v) is 5.44. The average molecular weight is 409 g/mol. The summed E-state index contributed by atoms with van der Waals surface area (Å²) in [5.41, 5.74) is 4.38. The van der Waals surface area contributed by atoms with Crippen LogP contribution in [0.25, 0.3) is 10.2 Å². The SMILES string of the molecule is CCN(CC)Cc1nc(NCCC2Cc3ccccc3C2)c2c(C)c(C)sc2n1. The number of nitrogens with zero attached hydrogens (tertiary/aromatic N) is 3. The molecule has 0 atom stereocenters. The number of anilines is 1. The van der Waals surface area contributed by atoms with E-state index in [2.05, 4.69) is 62.2 Å². The lowest BCUT2D eigenvalue weighted by Crippen LogP contribution is -2.23. The molecule has 0 radical (unpaired) electrons. The number of thiophene rings is 1. The van der Waals surface area contributed by atoms with Gasteiger partial charge in [-0.25, -0.2) is 9.97 Å². The molecule has 1 aliphatic rings. The number of hydrogen-bond donors (Lipinski definition) is 1. The van der Waals surface area contributed by atoms with E-state index in [1.165, 1.54) is 46.2 Å². The molecule has 4 nitrogen and oxygen atoms in total. The molecule has 5 heteroatoms. The van der Waals surface area contributed by atoms with Gasteiger partial charge in [-0.2, -0.15) is 0 Å². The minimum atomic E-state index is 0.734. The van der Waals surface area contributed by atoms with E-state index in [0.29, 0.717) is 0 Å². The van der Waals surface area contributed by atoms with Gasteiger partial charge in [-0.3, -0.25) is 4.90 Å². The van der Waals surface area contributed by atoms with Gasteiger partial charge in [0.2, 0.25) is 0 Å². The van der Waals surface area contributed by atoms with Gasteiger partial charge in [-0.1, -0.05) is 38.1 Å². The van der Waals surface area contributed by atoms with E-state index in [9.17, 15) is 0 Å². The Morgan fingerprint density at radius 2 is 1.76 bits per heavy atom. The van der Waals surface area contributed by atoms with Crippen LogP contribution in [0.4, 0.5) is 5.82 Å². The molecule has 0 amide bonds. The zero-order chi connectivity index (χ0) is 20.4. The third kappa shape index (κ3) is 4.31. The highest BCUT2D eigenvalue weighted by molar-refractivity contribution is 7.18. The maximum atomic E-state index is 4.96. The van der Waals surface area contributed by atoms with Crippen molar-refractivity contribution in [1.29, 1.82) is 0 Å². The van der Waals surface area contributed by atoms with Crippen molar-refractivity contribution in [2.75, 3.05) is 25.0 Å². The summed E-state index contributed by atoms with van der Waals surface area (Å²) in [6, 6.07) is 8.90. The fraction of sp³-hybridized carbons (Fsp3) is 0.500. The summed E-state index contributed by atoms with van der Waals surface area (Å²) in [6.07, 6.45) is 3.59. The van der Waals surface area contributed by atoms with Gasteiger partial charge in [0.05, 0.1) is 11.9 Å². The van der Waals surface area contributed by atoms with Gasteiger partial charge in [0.25, 0.3) is 0 Å². The molecule has 0 saturated carbocycles. The molecule has 0 spiro atoms. The van der Waals surface area contributed by atoms with E-state index in [-0.39, 0.29) is 0 Å². The number of aryl methyl sites for hydroxylation is 2. The van der Waals surface area contributed by atoms with E-state index in [1.807, 2.05) is 0 Å². The van der Waals surface area contributed by atoms with Crippen LogP contribution in [0.2, 0.25) is 0 Å². The summed E-state index contributed by atoms with van der Waals surface area (Å²) in [5.74, 6) is 2.69. The van der Waals surface area contributed by atoms with E-state index in [0.717, 1.165) is 48.6 Å². The standard InChI is InChI=1S/C24H32N4S/c1-5-28(6-2)15-21-26-23(22-16(3)17(4)29-24(22)27-21)25-12-11-18-13-19-9-7-8-10-20(19)14-18/h7-10,18H,5-6,11-15H2,1-4H3,(H,25,26,27). The van der Waals surface area contributed by atoms with Crippen LogP contribution in [0.3, 0.4) is 0 Å². The Hall–Kier alpha value is -1.98. The number of hydrogen-bond acceptors (Lipinski definition) is 5. The highest BCUT2D eigenvalue weighted by Crippen LogP contribution is 2.34. The topological polar surface area (TPSA) is 41.1 Å². The molecular formula is C24H32N4S. The number of fused-ring (bicyclic) bond motifs is 2. The third-order valence-electron chi connectivity index (χ3n) is 6.32. The van der Waals surface area contributed by atoms with E-state index in [1.54, 1.807) is 11.3 Å². The molecule has 154 valence electrons. The maximum Gasteiger partial charge on any atom is 0.146 e. The Morgan fingerprint density at radius 3 is 2.41 bits per heavy atom. The van der Waals surface area contributed by atoms with Gasteiger partial charge in [-0.15, -0.1) is 11.3 Å². The second-order valence-corrected chi connectivity index (χ2v) is 9.37. The molecule has 0 bridgehead atoms. The number of benzene rings is 1. The summed E-state index contributed by atoms with van der Waals surface area (Å²) < 4.78 is 0. The summed E-state index contributed by atoms with van der Waals surface area (Å²) in [5, 5.41) is 4.90. The molecule has 2 heterocycles. The molecular weight excluding hydrogens is 376 g/mol. The summed E-state index contributed by atoms with van der Waals surface area (Å²) in [4.78, 5) is 14.7. The lowest BCUT2D eigenvalue weighted by molar-refractivity contribution is 0.289. The Kier molecular flexibility index (Phi) is 6.16. The first-order valence-corrected chi connectivity index (χ1v) is 11.7. The molecule has 1 aromatic carbocycles. The first-order valence-electron chi connectivity index (χ1n) is 10.9. The minimum Gasteiger partial charge on any atom is -0.369 e. The van der Waals surface area contributed by atoms with Crippen LogP contribution >= 0.6 is 11.3 Å². The molecule has 29 heavy (non-hydrogen) atoms. The van der Waals surface area contributed by atoms with Gasteiger partial charge >= 0.3 is 0 Å². The van der Waals surface area contributed by atoms with Crippen LogP contribution in [0, 0.1) is 19.8 Å². The van der Waals surface area contributed by atoms with Gasteiger partial charge in [0, 0.05) is 11.4 Å². The minimum absolute atomic E-state index is 0.734. The number of rotatable bonds is 8. The van der Waals surface area contributed by atoms with Gasteiger partial charge in [0.1, 0.15) is 16.5 Å². The Bertz CT molecular complexity index is 965. The summed E-state index contributed by atoms with van der Waals surface area (Å²) >= 11 is 1.79. The van der Waals surface area contributed by atoms with Crippen LogP contribution < -0.4 is 5.32 Å². The molecule has 2 aromatic heterocycles. The van der Waals surface area contributed by atoms with Crippen molar-refractivity contribution in [2.24, 2.45) is 5.92 Å². The van der Waals surface area contributed by atoms with Gasteiger partial charge < -0.3 is 5.32 Å². The predicted molar refractivity (Wildman–Crippen MR) is 124 cm³/mol. The first kappa shape index (κ1) is 20.3. The molecule has 1 N–H and O–H groups in total. The summed E-state index contributed by atoms with van der Waals surface area (Å²) in [6.45, 7) is 12.6. The normalized spacial score (nSPS) is 14.1. The fourth-order valence-electron chi connectivity index (χ4n) is 4.39. The van der Waals surface area contributed by atoms with Crippen molar-refractivity contribution >= 4 is 27.4 Å². The molecule has 0 unspecified atom stereocenters. The third-order valence-corrected chi connectivity index (χ3v) is 7.42. The highest BCUT2D eigenvalue weighted by Gasteiger charge is 2.21. The molecule has 1 aliphatic carbocycles. The second kappa shape index (κ2) is 8.80. The van der Waals surface area contributed by atoms with Crippen molar-refractivity contribution in [3.8, 4) is 0 Å². The lowest BCUT2D eigenvalue weighted by Gasteiger charge is -2.18. The number of aromatic nitrogens is 2. The van der Waals surface area contributed by atoms with Gasteiger partial charge in [0.15, 0.2) is 0 Å². The highest BCUT2D eigenvalue weighted by atomic mass is 32.1. The second-order valence-electron chi connectivity index (χ2n) is 8.17. The molecule has 0 fully saturated rings. The van der Waals surface area contributed by atoms with Crippen molar-refractivity contribution in [1.82, 2.24) is 14.9 Å². The smallest absolute Gasteiger partial charge is 0.146 e. The van der Waals surface area contributed by atoms with Crippen LogP contribution in [0.5, 0.6) is 0 Å². The molecule has 4 rings (SSSR count). The Balaban J connectivity index is 1.49. The lowest BCUT2D eigenvalue weighted by atomic mass is 10.0. The number of nitrogens with one attached hydrogen (secondary N) is 1. The average Bonchev–Trinajstić information content (AvgIpc) is 3.26. The van der Waals surface area contributed by atoms with Crippen LogP contribution in [0.1, 0.15) is 47.7 Å². The van der Waals surface area contributed by atoms with Crippen molar-refractivity contribution < 1.29 is 0 Å². The van der Waals surface area contributed by atoms with Crippen LogP contribution in [-0.4, -0.2) is 34.5 Å². The predicted octanol–water partition coefficient (Wildman–Crippen LogP) is 5.37. The van der Waals surface area contributed by atoms with Crippen molar-refractivity contribution in [3.05, 3.63) is 51.7 Å². The van der Waals surface area contributed by atoms with Crippen LogP contribution in [-0.2, 0) is 19.4 Å². The first-order chi connectivity index (χ1) is 14.1. The van der Waals surface area contributed by atoms with Crippen LogP contribution in [0.15, 0.2) is 24.3 Å². The zero-order valence-electron chi connectivity index (χ0n) is 18.1. The van der Waals surface area contributed by atoms with E-state index >= 15 is 0 Å². The van der Waals surface area contributed by atoms with E-state index in [4.69, 9.17) is 9.97 Å².